The van der Waals surface area contributed by atoms with Crippen LogP contribution in [0, 0.1) is 0 Å². The number of hydrogen-bond acceptors (Lipinski definition) is 2. The van der Waals surface area contributed by atoms with E-state index in [1.807, 2.05) is 0 Å². The first-order valence-electron chi connectivity index (χ1n) is 7.05. The third-order valence-electron chi connectivity index (χ3n) is 3.96. The Hall–Kier alpha value is -0.340. The van der Waals surface area contributed by atoms with Crippen molar-refractivity contribution in [3.63, 3.8) is 0 Å². The van der Waals surface area contributed by atoms with Crippen LogP contribution >= 0.6 is 0 Å². The van der Waals surface area contributed by atoms with Crippen LogP contribution in [-0.4, -0.2) is 36.6 Å². The van der Waals surface area contributed by atoms with Gasteiger partial charge in [-0.15, -0.1) is 0 Å². The summed E-state index contributed by atoms with van der Waals surface area (Å²) in [6.45, 7) is 5.80. The molecule has 1 saturated heterocycles. The lowest BCUT2D eigenvalue weighted by molar-refractivity contribution is 0.108. The maximum Gasteiger partial charge on any atom is 0.0281 e. The van der Waals surface area contributed by atoms with Gasteiger partial charge in [0.1, 0.15) is 0 Å². The Labute approximate surface area is 100 Å². The Morgan fingerprint density at radius 1 is 1.25 bits per heavy atom. The summed E-state index contributed by atoms with van der Waals surface area (Å²) in [5.74, 6) is 0. The fourth-order valence-corrected chi connectivity index (χ4v) is 3.06. The molecule has 2 aliphatic rings. The van der Waals surface area contributed by atoms with Gasteiger partial charge >= 0.3 is 0 Å². The molecular formula is C14H26N2. The zero-order chi connectivity index (χ0) is 11.2. The lowest BCUT2D eigenvalue weighted by Crippen LogP contribution is -2.50. The van der Waals surface area contributed by atoms with E-state index in [9.17, 15) is 0 Å². The smallest absolute Gasteiger partial charge is 0.0281 e. The van der Waals surface area contributed by atoms with E-state index >= 15 is 0 Å². The average Bonchev–Trinajstić information content (AvgIpc) is 2.38. The number of allylic oxidation sites excluding steroid dienone is 1. The Morgan fingerprint density at radius 2 is 2.19 bits per heavy atom. The molecule has 0 spiro atoms. The summed E-state index contributed by atoms with van der Waals surface area (Å²) >= 11 is 0. The van der Waals surface area contributed by atoms with E-state index in [2.05, 4.69) is 29.3 Å². The van der Waals surface area contributed by atoms with E-state index in [4.69, 9.17) is 0 Å². The van der Waals surface area contributed by atoms with E-state index in [0.29, 0.717) is 0 Å². The number of hydrogen-bond donors (Lipinski definition) is 1. The molecule has 1 aliphatic carbocycles. The second-order valence-electron chi connectivity index (χ2n) is 5.12. The van der Waals surface area contributed by atoms with Gasteiger partial charge in [-0.1, -0.05) is 25.5 Å². The van der Waals surface area contributed by atoms with Gasteiger partial charge in [0.2, 0.25) is 0 Å². The zero-order valence-corrected chi connectivity index (χ0v) is 10.6. The average molecular weight is 222 g/mol. The normalized spacial score (nSPS) is 31.8. The van der Waals surface area contributed by atoms with Crippen molar-refractivity contribution in [2.75, 3.05) is 19.6 Å². The van der Waals surface area contributed by atoms with Crippen LogP contribution in [0.15, 0.2) is 12.2 Å². The second-order valence-corrected chi connectivity index (χ2v) is 5.12. The van der Waals surface area contributed by atoms with Crippen LogP contribution in [-0.2, 0) is 0 Å². The monoisotopic (exact) mass is 222 g/mol. The highest BCUT2D eigenvalue weighted by atomic mass is 15.2. The molecule has 2 heteroatoms. The highest BCUT2D eigenvalue weighted by Crippen LogP contribution is 2.24. The molecule has 1 heterocycles. The van der Waals surface area contributed by atoms with E-state index in [1.54, 1.807) is 0 Å². The molecule has 0 radical (unpaired) electrons. The van der Waals surface area contributed by atoms with Crippen LogP contribution in [0.2, 0.25) is 0 Å². The highest BCUT2D eigenvalue weighted by molar-refractivity contribution is 5.01. The molecule has 0 aromatic rings. The minimum Gasteiger partial charge on any atom is -0.315 e. The maximum absolute atomic E-state index is 3.52. The molecule has 0 saturated carbocycles. The molecule has 0 bridgehead atoms. The molecule has 1 aliphatic heterocycles. The van der Waals surface area contributed by atoms with Crippen molar-refractivity contribution in [2.24, 2.45) is 0 Å². The van der Waals surface area contributed by atoms with Crippen LogP contribution in [0.3, 0.4) is 0 Å². The molecule has 1 N–H and O–H groups in total. The van der Waals surface area contributed by atoms with Gasteiger partial charge in [-0.25, -0.2) is 0 Å². The van der Waals surface area contributed by atoms with Crippen molar-refractivity contribution in [1.82, 2.24) is 10.2 Å². The fourth-order valence-electron chi connectivity index (χ4n) is 3.06. The number of nitrogens with zero attached hydrogens (tertiary/aromatic N) is 1. The lowest BCUT2D eigenvalue weighted by atomic mass is 9.94. The fraction of sp³-hybridized carbons (Fsp3) is 0.857. The number of rotatable bonds is 4. The number of likely N-dealkylation sites (tertiary alicyclic amines) is 1. The first kappa shape index (κ1) is 12.1. The minimum atomic E-state index is 0.734. The van der Waals surface area contributed by atoms with Gasteiger partial charge in [0, 0.05) is 18.6 Å². The van der Waals surface area contributed by atoms with E-state index in [0.717, 1.165) is 18.6 Å². The molecular weight excluding hydrogens is 196 g/mol. The lowest BCUT2D eigenvalue weighted by Gasteiger charge is -2.41. The van der Waals surface area contributed by atoms with Crippen molar-refractivity contribution in [2.45, 2.75) is 57.5 Å². The number of nitrogens with one attached hydrogen (secondary N) is 1. The summed E-state index contributed by atoms with van der Waals surface area (Å²) in [6, 6.07) is 1.51. The summed E-state index contributed by atoms with van der Waals surface area (Å²) in [6.07, 6.45) is 13.1. The van der Waals surface area contributed by atoms with Gasteiger partial charge in [0.05, 0.1) is 0 Å². The summed E-state index contributed by atoms with van der Waals surface area (Å²) in [5.41, 5.74) is 0. The molecule has 0 aromatic heterocycles. The van der Waals surface area contributed by atoms with Crippen LogP contribution in [0.25, 0.3) is 0 Å². The quantitative estimate of drug-likeness (QED) is 0.735. The van der Waals surface area contributed by atoms with Crippen LogP contribution in [0.4, 0.5) is 0 Å². The molecule has 2 nitrogen and oxygen atoms in total. The van der Waals surface area contributed by atoms with Crippen molar-refractivity contribution >= 4 is 0 Å². The predicted octanol–water partition coefficient (Wildman–Crippen LogP) is 2.56. The van der Waals surface area contributed by atoms with Gasteiger partial charge in [-0.2, -0.15) is 0 Å². The van der Waals surface area contributed by atoms with Crippen LogP contribution < -0.4 is 5.32 Å². The number of likely N-dealkylation sites (N-methyl/N-ethyl adjacent to an activating group) is 1. The van der Waals surface area contributed by atoms with Crippen LogP contribution in [0.1, 0.15) is 45.4 Å². The Bertz CT molecular complexity index is 225. The van der Waals surface area contributed by atoms with Gasteiger partial charge < -0.3 is 5.32 Å². The number of piperidine rings is 1. The summed E-state index contributed by atoms with van der Waals surface area (Å²) in [4.78, 5) is 2.75. The summed E-state index contributed by atoms with van der Waals surface area (Å²) < 4.78 is 0. The molecule has 2 rings (SSSR count). The molecule has 16 heavy (non-hydrogen) atoms. The summed E-state index contributed by atoms with van der Waals surface area (Å²) in [5, 5.41) is 3.52. The van der Waals surface area contributed by atoms with Crippen molar-refractivity contribution in [1.29, 1.82) is 0 Å². The molecule has 0 amide bonds. The topological polar surface area (TPSA) is 15.3 Å². The Morgan fingerprint density at radius 3 is 2.94 bits per heavy atom. The third-order valence-corrected chi connectivity index (χ3v) is 3.96. The first-order valence-corrected chi connectivity index (χ1v) is 7.05. The van der Waals surface area contributed by atoms with Gasteiger partial charge in [0.25, 0.3) is 0 Å². The second kappa shape index (κ2) is 6.41. The van der Waals surface area contributed by atoms with Gasteiger partial charge in [-0.05, 0) is 45.2 Å². The minimum absolute atomic E-state index is 0.734. The predicted molar refractivity (Wildman–Crippen MR) is 69.7 cm³/mol. The SMILES string of the molecule is CCNCC1CCCCN1C1C=CCCC1. The van der Waals surface area contributed by atoms with E-state index in [1.165, 1.54) is 51.6 Å². The van der Waals surface area contributed by atoms with Crippen molar-refractivity contribution < 1.29 is 0 Å². The van der Waals surface area contributed by atoms with Gasteiger partial charge in [0.15, 0.2) is 0 Å². The standard InChI is InChI=1S/C14H26N2/c1-2-15-12-14-10-6-7-11-16(14)13-8-4-3-5-9-13/h4,8,13-15H,2-3,5-7,9-12H2,1H3. The molecule has 1 fully saturated rings. The van der Waals surface area contributed by atoms with E-state index < -0.39 is 0 Å². The van der Waals surface area contributed by atoms with E-state index in [-0.39, 0.29) is 0 Å². The zero-order valence-electron chi connectivity index (χ0n) is 10.6. The molecule has 2 unspecified atom stereocenters. The Balaban J connectivity index is 1.92. The highest BCUT2D eigenvalue weighted by Gasteiger charge is 2.27. The largest absolute Gasteiger partial charge is 0.315 e. The molecule has 0 aromatic carbocycles. The van der Waals surface area contributed by atoms with Gasteiger partial charge in [-0.3, -0.25) is 4.90 Å². The van der Waals surface area contributed by atoms with Crippen LogP contribution in [0.5, 0.6) is 0 Å². The summed E-state index contributed by atoms with van der Waals surface area (Å²) in [7, 11) is 0. The molecule has 92 valence electrons. The Kier molecular flexibility index (Phi) is 4.86. The third kappa shape index (κ3) is 3.08. The van der Waals surface area contributed by atoms with Crippen molar-refractivity contribution in [3.8, 4) is 0 Å². The maximum atomic E-state index is 3.52. The molecule has 2 atom stereocenters. The van der Waals surface area contributed by atoms with Crippen molar-refractivity contribution in [3.05, 3.63) is 12.2 Å². The first-order chi connectivity index (χ1) is 7.92.